The molecule has 0 spiro atoms. The van der Waals surface area contributed by atoms with E-state index in [1.54, 1.807) is 6.92 Å². The minimum absolute atomic E-state index is 0.0938. The fourth-order valence-electron chi connectivity index (χ4n) is 8.80. The Kier molecular flexibility index (Phi) is 7.48. The molecule has 5 rings (SSSR count). The van der Waals surface area contributed by atoms with E-state index in [1.807, 2.05) is 0 Å². The molecular weight excluding hydrogens is 436 g/mol. The number of fused-ring (bicyclic) bond motifs is 3. The molecule has 7 nitrogen and oxygen atoms in total. The summed E-state index contributed by atoms with van der Waals surface area (Å²) in [5.41, 5.74) is 3.76. The quantitative estimate of drug-likeness (QED) is 0.490. The van der Waals surface area contributed by atoms with Gasteiger partial charge in [0, 0.05) is 51.2 Å². The normalized spacial score (nSPS) is 44.7. The Labute approximate surface area is 212 Å². The van der Waals surface area contributed by atoms with E-state index in [-0.39, 0.29) is 17.4 Å². The maximum atomic E-state index is 11.6. The lowest BCUT2D eigenvalue weighted by molar-refractivity contribution is -0.119. The Bertz CT molecular complexity index is 802. The monoisotopic (exact) mass is 484 g/mol. The number of carbonyl (C=O) groups excluding carboxylic acids is 1. The van der Waals surface area contributed by atoms with Gasteiger partial charge in [0.1, 0.15) is 0 Å². The Hall–Kier alpha value is -1.20. The Morgan fingerprint density at radius 1 is 1.00 bits per heavy atom. The summed E-state index contributed by atoms with van der Waals surface area (Å²) in [6.45, 7) is 9.00. The van der Waals surface area contributed by atoms with Gasteiger partial charge in [-0.05, 0) is 107 Å². The molecule has 2 aliphatic carbocycles. The summed E-state index contributed by atoms with van der Waals surface area (Å²) in [6.07, 6.45) is 9.94. The number of carbonyl (C=O) groups is 1. The van der Waals surface area contributed by atoms with Crippen LogP contribution in [0.2, 0.25) is 0 Å². The number of rotatable bonds is 4. The van der Waals surface area contributed by atoms with Gasteiger partial charge >= 0.3 is 0 Å². The van der Waals surface area contributed by atoms with Crippen molar-refractivity contribution >= 4 is 5.91 Å². The zero-order valence-electron chi connectivity index (χ0n) is 22.4. The molecule has 0 aromatic heterocycles. The van der Waals surface area contributed by atoms with Crippen LogP contribution in [0.3, 0.4) is 0 Å². The molecule has 35 heavy (non-hydrogen) atoms. The summed E-state index contributed by atoms with van der Waals surface area (Å²) in [7, 11) is 2.26. The summed E-state index contributed by atoms with van der Waals surface area (Å²) in [5.74, 6) is 4.20. The third kappa shape index (κ3) is 5.14. The molecule has 4 N–H and O–H groups in total. The van der Waals surface area contributed by atoms with Crippen molar-refractivity contribution in [3.63, 3.8) is 0 Å². The SMILES string of the molecule is CC(=O)NC1CNCC(C2CCC3NCC4C(C3C2)C(C2CCC(C(C)(C)C#N)CC2)NN4C)C1. The van der Waals surface area contributed by atoms with Gasteiger partial charge in [-0.25, -0.2) is 5.01 Å². The average molecular weight is 485 g/mol. The largest absolute Gasteiger partial charge is 0.352 e. The van der Waals surface area contributed by atoms with E-state index >= 15 is 0 Å². The zero-order valence-corrected chi connectivity index (χ0v) is 22.4. The van der Waals surface area contributed by atoms with Gasteiger partial charge in [0.05, 0.1) is 11.5 Å². The van der Waals surface area contributed by atoms with Crippen molar-refractivity contribution < 1.29 is 4.79 Å². The smallest absolute Gasteiger partial charge is 0.217 e. The summed E-state index contributed by atoms with van der Waals surface area (Å²) < 4.78 is 0. The lowest BCUT2D eigenvalue weighted by Gasteiger charge is -2.50. The first-order valence-electron chi connectivity index (χ1n) is 14.4. The van der Waals surface area contributed by atoms with Crippen LogP contribution in [0.4, 0.5) is 0 Å². The number of hydrogen-bond acceptors (Lipinski definition) is 6. The number of likely N-dealkylation sites (N-methyl/N-ethyl adjacent to an activating group) is 1. The number of nitrogens with one attached hydrogen (secondary N) is 4. The number of nitriles is 1. The molecule has 8 unspecified atom stereocenters. The van der Waals surface area contributed by atoms with Gasteiger partial charge in [0.15, 0.2) is 0 Å². The van der Waals surface area contributed by atoms with Crippen LogP contribution in [-0.4, -0.2) is 61.8 Å². The van der Waals surface area contributed by atoms with Crippen LogP contribution >= 0.6 is 0 Å². The van der Waals surface area contributed by atoms with E-state index in [0.717, 1.165) is 43.8 Å². The van der Waals surface area contributed by atoms with Gasteiger partial charge in [0.25, 0.3) is 0 Å². The summed E-state index contributed by atoms with van der Waals surface area (Å²) >= 11 is 0. The second-order valence-corrected chi connectivity index (χ2v) is 13.2. The maximum Gasteiger partial charge on any atom is 0.217 e. The second-order valence-electron chi connectivity index (χ2n) is 13.2. The van der Waals surface area contributed by atoms with Crippen LogP contribution in [0.15, 0.2) is 0 Å². The van der Waals surface area contributed by atoms with Gasteiger partial charge in [-0.1, -0.05) is 0 Å². The number of hydrazine groups is 1. The summed E-state index contributed by atoms with van der Waals surface area (Å²) in [5, 5.41) is 22.8. The van der Waals surface area contributed by atoms with Crippen molar-refractivity contribution in [2.75, 3.05) is 26.7 Å². The molecule has 3 aliphatic heterocycles. The molecule has 0 aromatic rings. The van der Waals surface area contributed by atoms with Crippen molar-refractivity contribution in [1.82, 2.24) is 26.4 Å². The van der Waals surface area contributed by atoms with Crippen LogP contribution in [0.1, 0.15) is 72.1 Å². The topological polar surface area (TPSA) is 92.2 Å². The van der Waals surface area contributed by atoms with Crippen LogP contribution in [-0.2, 0) is 4.79 Å². The first-order valence-corrected chi connectivity index (χ1v) is 14.4. The Morgan fingerprint density at radius 2 is 1.74 bits per heavy atom. The molecule has 7 heteroatoms. The molecule has 0 bridgehead atoms. The van der Waals surface area contributed by atoms with E-state index in [1.165, 1.54) is 44.9 Å². The van der Waals surface area contributed by atoms with E-state index in [0.29, 0.717) is 35.9 Å². The number of nitrogens with zero attached hydrogens (tertiary/aromatic N) is 2. The number of amides is 1. The molecule has 3 saturated heterocycles. The highest BCUT2D eigenvalue weighted by Gasteiger charge is 2.53. The fourth-order valence-corrected chi connectivity index (χ4v) is 8.80. The lowest BCUT2D eigenvalue weighted by Crippen LogP contribution is -2.59. The molecule has 0 aromatic carbocycles. The fraction of sp³-hybridized carbons (Fsp3) is 0.929. The van der Waals surface area contributed by atoms with E-state index in [2.05, 4.69) is 53.3 Å². The highest BCUT2D eigenvalue weighted by Crippen LogP contribution is 2.49. The molecule has 8 atom stereocenters. The first kappa shape index (κ1) is 25.4. The lowest BCUT2D eigenvalue weighted by atomic mass is 9.60. The first-order chi connectivity index (χ1) is 16.8. The van der Waals surface area contributed by atoms with Crippen molar-refractivity contribution in [3.05, 3.63) is 0 Å². The van der Waals surface area contributed by atoms with Crippen molar-refractivity contribution in [2.45, 2.75) is 96.3 Å². The van der Waals surface area contributed by atoms with Crippen LogP contribution in [0.25, 0.3) is 0 Å². The predicted molar refractivity (Wildman–Crippen MR) is 138 cm³/mol. The van der Waals surface area contributed by atoms with E-state index < -0.39 is 0 Å². The molecule has 1 amide bonds. The van der Waals surface area contributed by atoms with Crippen LogP contribution in [0, 0.1) is 52.3 Å². The predicted octanol–water partition coefficient (Wildman–Crippen LogP) is 2.65. The Balaban J connectivity index is 1.27. The van der Waals surface area contributed by atoms with Crippen molar-refractivity contribution in [1.29, 1.82) is 5.26 Å². The molecule has 2 saturated carbocycles. The Morgan fingerprint density at radius 3 is 2.46 bits per heavy atom. The van der Waals surface area contributed by atoms with Crippen LogP contribution < -0.4 is 21.4 Å². The summed E-state index contributed by atoms with van der Waals surface area (Å²) in [6, 6.07) is 4.65. The number of piperidine rings is 2. The minimum atomic E-state index is -0.201. The molecule has 0 radical (unpaired) electrons. The highest BCUT2D eigenvalue weighted by atomic mass is 16.1. The second kappa shape index (κ2) is 10.3. The minimum Gasteiger partial charge on any atom is -0.352 e. The van der Waals surface area contributed by atoms with Gasteiger partial charge in [-0.15, -0.1) is 0 Å². The molecule has 3 heterocycles. The van der Waals surface area contributed by atoms with E-state index in [9.17, 15) is 10.1 Å². The molecule has 5 aliphatic rings. The van der Waals surface area contributed by atoms with Crippen molar-refractivity contribution in [3.8, 4) is 6.07 Å². The molecule has 196 valence electrons. The average Bonchev–Trinajstić information content (AvgIpc) is 3.20. The highest BCUT2D eigenvalue weighted by molar-refractivity contribution is 5.73. The van der Waals surface area contributed by atoms with Gasteiger partial charge in [-0.2, -0.15) is 5.26 Å². The molecule has 5 fully saturated rings. The summed E-state index contributed by atoms with van der Waals surface area (Å²) in [4.78, 5) is 11.6. The van der Waals surface area contributed by atoms with Crippen molar-refractivity contribution in [2.24, 2.45) is 40.9 Å². The standard InChI is InChI=1S/C28H48N6O/c1-17(35)32-22-11-20(13-30-14-22)19-7-10-24-23(12-19)26-25(15-31-24)34(4)33-27(26)18-5-8-21(9-6-18)28(2,3)16-29/h18-27,30-31,33H,5-15H2,1-4H3,(H,32,35). The van der Waals surface area contributed by atoms with Gasteiger partial charge in [0.2, 0.25) is 5.91 Å². The van der Waals surface area contributed by atoms with Crippen LogP contribution in [0.5, 0.6) is 0 Å². The third-order valence-corrected chi connectivity index (χ3v) is 10.8. The maximum absolute atomic E-state index is 11.6. The van der Waals surface area contributed by atoms with Gasteiger partial charge < -0.3 is 16.0 Å². The molecular formula is C28H48N6O. The third-order valence-electron chi connectivity index (χ3n) is 10.8. The number of hydrogen-bond donors (Lipinski definition) is 4. The van der Waals surface area contributed by atoms with Gasteiger partial charge in [-0.3, -0.25) is 10.2 Å². The zero-order chi connectivity index (χ0) is 24.7. The van der Waals surface area contributed by atoms with E-state index in [4.69, 9.17) is 0 Å².